The number of unbranched alkanes of at least 4 members (excludes halogenated alkanes) is 1. The number of ketones is 1. The first-order valence-electron chi connectivity index (χ1n) is 33.4. The van der Waals surface area contributed by atoms with Gasteiger partial charge in [0.25, 0.3) is 5.91 Å². The van der Waals surface area contributed by atoms with Crippen molar-refractivity contribution in [2.45, 2.75) is 242 Å². The first kappa shape index (κ1) is 82.1. The summed E-state index contributed by atoms with van der Waals surface area (Å²) in [6, 6.07) is -3.72. The highest BCUT2D eigenvalue weighted by Gasteiger charge is 2.46. The first-order chi connectivity index (χ1) is 43.1. The fraction of sp³-hybridized carbons (Fsp3) is 0.739. The average Bonchev–Trinajstić information content (AvgIpc) is 0.829. The monoisotopic (exact) mass is 1310 g/mol. The molecule has 0 saturated carbocycles. The van der Waals surface area contributed by atoms with Crippen LogP contribution in [0.15, 0.2) is 30.3 Å². The highest BCUT2D eigenvalue weighted by atomic mass is 16.5. The van der Waals surface area contributed by atoms with Gasteiger partial charge < -0.3 is 60.3 Å². The highest BCUT2D eigenvalue weighted by molar-refractivity contribution is 6.10. The van der Waals surface area contributed by atoms with E-state index in [1.54, 1.807) is 55.4 Å². The van der Waals surface area contributed by atoms with Gasteiger partial charge in [0.2, 0.25) is 59.1 Å². The number of rotatable bonds is 19. The number of likely N-dealkylation sites (N-methyl/N-ethyl adjacent to an activating group) is 7. The second-order valence-corrected chi connectivity index (χ2v) is 28.3. The van der Waals surface area contributed by atoms with Gasteiger partial charge in [-0.05, 0) is 95.0 Å². The van der Waals surface area contributed by atoms with Crippen molar-refractivity contribution >= 4 is 70.8 Å². The number of Topliss-reactive ketones (excluding diaryl/α,β-unsaturated/α-hetero) is 1. The summed E-state index contributed by atoms with van der Waals surface area (Å²) in [4.78, 5) is 185. The van der Waals surface area contributed by atoms with Gasteiger partial charge in [0, 0.05) is 61.7 Å². The summed E-state index contributed by atoms with van der Waals surface area (Å²) in [7, 11) is 9.78. The highest BCUT2D eigenvalue weighted by Crippen LogP contribution is 2.27. The minimum atomic E-state index is -1.80. The van der Waals surface area contributed by atoms with E-state index in [9.17, 15) is 38.4 Å². The molecule has 24 nitrogen and oxygen atoms in total. The molecule has 0 aromatic heterocycles. The Bertz CT molecular complexity index is 2720. The molecule has 0 unspecified atom stereocenters. The lowest BCUT2D eigenvalue weighted by Gasteiger charge is -2.40. The lowest BCUT2D eigenvalue weighted by atomic mass is 9.91. The molecule has 11 atom stereocenters. The van der Waals surface area contributed by atoms with Gasteiger partial charge in [-0.15, -0.1) is 0 Å². The quantitative estimate of drug-likeness (QED) is 0.132. The average molecular weight is 1310 g/mol. The molecule has 0 aliphatic carbocycles. The van der Waals surface area contributed by atoms with Crippen molar-refractivity contribution in [3.63, 3.8) is 0 Å². The van der Waals surface area contributed by atoms with E-state index in [0.29, 0.717) is 12.8 Å². The molecule has 0 radical (unpaired) electrons. The van der Waals surface area contributed by atoms with E-state index in [1.807, 2.05) is 78.8 Å². The topological polar surface area (TPSA) is 285 Å². The van der Waals surface area contributed by atoms with E-state index >= 15 is 19.2 Å². The first-order valence-corrected chi connectivity index (χ1v) is 33.4. The number of ether oxygens (including phenoxy) is 1. The van der Waals surface area contributed by atoms with Crippen molar-refractivity contribution in [3.8, 4) is 0 Å². The zero-order chi connectivity index (χ0) is 71.4. The fourth-order valence-corrected chi connectivity index (χ4v) is 11.6. The van der Waals surface area contributed by atoms with Crippen LogP contribution in [-0.2, 0) is 68.9 Å². The summed E-state index contributed by atoms with van der Waals surface area (Å²) < 4.78 is 6.39. The zero-order valence-corrected chi connectivity index (χ0v) is 60.6. The van der Waals surface area contributed by atoms with Crippen LogP contribution >= 0.6 is 0 Å². The lowest BCUT2D eigenvalue weighted by Crippen LogP contribution is -2.63. The Balaban J connectivity index is 3.03. The predicted octanol–water partition coefficient (Wildman–Crippen LogP) is 5.04. The maximum atomic E-state index is 15.2. The summed E-state index contributed by atoms with van der Waals surface area (Å²) in [5, 5.41) is 11.0. The minimum absolute atomic E-state index is 0.0238. The number of carbonyl (C=O) groups excluding carboxylic acids is 12. The number of nitrogens with zero attached hydrogens (tertiary/aromatic N) is 7. The number of carbonyl (C=O) groups is 12. The number of nitrogens with one attached hydrogen (secondary N) is 4. The largest absolute Gasteiger partial charge is 0.371 e. The van der Waals surface area contributed by atoms with E-state index in [1.165, 1.54) is 87.7 Å². The van der Waals surface area contributed by atoms with Crippen molar-refractivity contribution in [1.82, 2.24) is 55.6 Å². The van der Waals surface area contributed by atoms with Gasteiger partial charge in [-0.2, -0.15) is 0 Å². The number of hydrogen-bond acceptors (Lipinski definition) is 13. The molecule has 1 aliphatic rings. The molecular weight excluding hydrogens is 1190 g/mol. The van der Waals surface area contributed by atoms with Gasteiger partial charge in [-0.1, -0.05) is 133 Å². The Morgan fingerprint density at radius 3 is 1.51 bits per heavy atom. The van der Waals surface area contributed by atoms with E-state index in [4.69, 9.17) is 4.74 Å². The molecule has 0 spiro atoms. The van der Waals surface area contributed by atoms with Gasteiger partial charge in [0.05, 0.1) is 18.8 Å². The molecule has 2 rings (SSSR count). The van der Waals surface area contributed by atoms with Crippen LogP contribution in [0, 0.1) is 35.5 Å². The Hall–Kier alpha value is -6.98. The Morgan fingerprint density at radius 1 is 0.527 bits per heavy atom. The smallest absolute Gasteiger partial charge is 0.251 e. The van der Waals surface area contributed by atoms with Gasteiger partial charge >= 0.3 is 0 Å². The van der Waals surface area contributed by atoms with Crippen molar-refractivity contribution in [1.29, 1.82) is 0 Å². The van der Waals surface area contributed by atoms with Gasteiger partial charge in [0.1, 0.15) is 54.4 Å². The molecule has 4 N–H and O–H groups in total. The van der Waals surface area contributed by atoms with Gasteiger partial charge in [-0.25, -0.2) is 0 Å². The molecule has 1 fully saturated rings. The molecule has 1 aliphatic heterocycles. The molecule has 93 heavy (non-hydrogen) atoms. The number of amides is 11. The summed E-state index contributed by atoms with van der Waals surface area (Å²) in [6.45, 7) is 29.2. The second kappa shape index (κ2) is 37.2. The van der Waals surface area contributed by atoms with Crippen LogP contribution in [-0.4, -0.2) is 227 Å². The van der Waals surface area contributed by atoms with Crippen LogP contribution in [0.25, 0.3) is 0 Å². The molecule has 526 valence electrons. The molecule has 1 aromatic carbocycles. The van der Waals surface area contributed by atoms with Crippen LogP contribution in [0.1, 0.15) is 175 Å². The van der Waals surface area contributed by atoms with Crippen molar-refractivity contribution in [2.24, 2.45) is 35.5 Å². The predicted molar refractivity (Wildman–Crippen MR) is 358 cm³/mol. The number of hydrogen-bond donors (Lipinski definition) is 4. The Morgan fingerprint density at radius 2 is 1.01 bits per heavy atom. The van der Waals surface area contributed by atoms with Crippen LogP contribution in [0.5, 0.6) is 0 Å². The molecule has 1 saturated heterocycles. The molecule has 0 bridgehead atoms. The zero-order valence-electron chi connectivity index (χ0n) is 60.6. The standard InChI is InChI=1S/C69H117N11O13/c1-25-27-31-45(13)58(82)57-62(86)72-49(26-2)64(88)74(18)38-54(81)75(19)53(37-69(16,17)93-39-48-32-29-28-30-33-48)61(85)73-55(43(9)10)67(91)76(20)50(34-40(3)4)60(84)70-46(14)59(83)71-47(15)63(87)77(21)51(35-41(5)6)65(89)78(22)52(36-42(7)8)66(90)79(23)56(44(11)12)68(92)80(57)24/h28-30,32-33,40-47,49-53,55-57H,25-27,31,34-39H2,1-24H3,(H,70,84)(H,71,83)(H,72,86)(H,73,85)/t45-,46+,47-,49+,50+,51+,52+,53+,55+,56+,57+/m1/s1. The van der Waals surface area contributed by atoms with Crippen molar-refractivity contribution in [3.05, 3.63) is 35.9 Å². The van der Waals surface area contributed by atoms with Crippen molar-refractivity contribution < 1.29 is 62.3 Å². The minimum Gasteiger partial charge on any atom is -0.371 e. The van der Waals surface area contributed by atoms with Gasteiger partial charge in [0.15, 0.2) is 11.8 Å². The van der Waals surface area contributed by atoms with E-state index in [2.05, 4.69) is 21.3 Å². The third-order valence-electron chi connectivity index (χ3n) is 17.6. The Kier molecular flexibility index (Phi) is 32.8. The van der Waals surface area contributed by atoms with Crippen LogP contribution in [0.2, 0.25) is 0 Å². The Labute approximate surface area is 555 Å². The fourth-order valence-electron chi connectivity index (χ4n) is 11.6. The summed E-state index contributed by atoms with van der Waals surface area (Å²) in [6.07, 6.45) is 2.00. The van der Waals surface area contributed by atoms with Crippen LogP contribution in [0.4, 0.5) is 0 Å². The van der Waals surface area contributed by atoms with E-state index in [-0.39, 0.29) is 56.5 Å². The molecule has 1 heterocycles. The number of benzene rings is 1. The van der Waals surface area contributed by atoms with E-state index in [0.717, 1.165) is 21.8 Å². The van der Waals surface area contributed by atoms with Gasteiger partial charge in [-0.3, -0.25) is 57.5 Å². The van der Waals surface area contributed by atoms with Crippen LogP contribution in [0.3, 0.4) is 0 Å². The molecule has 24 heteroatoms. The van der Waals surface area contributed by atoms with E-state index < -0.39 is 161 Å². The SMILES string of the molecule is CCCC[C@@H](C)C(=O)[C@H]1C(=O)N[C@@H](CC)C(=O)N(C)CC(=O)N(C)[C@@H](CC(C)(C)OCc2ccccc2)C(=O)N[C@@H](C(C)C)C(=O)N(C)[C@@H](CC(C)C)C(=O)N[C@@H](C)C(=O)N[C@H](C)C(=O)N(C)[C@@H](CC(C)C)C(=O)N(C)[C@@H](CC(C)C)C(=O)N(C)[C@@H](C(C)C)C(=O)N1C. The lowest BCUT2D eigenvalue weighted by molar-refractivity contribution is -0.157. The summed E-state index contributed by atoms with van der Waals surface area (Å²) in [5.74, 6) is -11.0. The second-order valence-electron chi connectivity index (χ2n) is 28.3. The third kappa shape index (κ3) is 23.5. The normalized spacial score (nSPS) is 25.2. The molecular formula is C69H117N11O13. The summed E-state index contributed by atoms with van der Waals surface area (Å²) in [5.41, 5.74) is -0.255. The maximum Gasteiger partial charge on any atom is 0.251 e. The summed E-state index contributed by atoms with van der Waals surface area (Å²) >= 11 is 0. The van der Waals surface area contributed by atoms with Crippen LogP contribution < -0.4 is 21.3 Å². The maximum absolute atomic E-state index is 15.2. The molecule has 11 amide bonds. The third-order valence-corrected chi connectivity index (χ3v) is 17.6. The molecule has 1 aromatic rings. The van der Waals surface area contributed by atoms with Crippen molar-refractivity contribution in [2.75, 3.05) is 55.9 Å².